The average molecular weight is 586 g/mol. The van der Waals surface area contributed by atoms with Crippen LogP contribution in [0.4, 0.5) is 30.8 Å². The van der Waals surface area contributed by atoms with Crippen LogP contribution in [0.25, 0.3) is 0 Å². The summed E-state index contributed by atoms with van der Waals surface area (Å²) in [7, 11) is 0. The normalized spacial score (nSPS) is 16.4. The Morgan fingerprint density at radius 2 is 1.40 bits per heavy atom. The maximum absolute atomic E-state index is 12.8. The molecule has 3 heterocycles. The minimum atomic E-state index is -4.54. The van der Waals surface area contributed by atoms with Crippen LogP contribution in [0, 0.1) is 0 Å². The van der Waals surface area contributed by atoms with Crippen molar-refractivity contribution >= 4 is 23.5 Å². The largest absolute Gasteiger partial charge is 0.454 e. The van der Waals surface area contributed by atoms with E-state index in [1.165, 1.54) is 19.3 Å². The van der Waals surface area contributed by atoms with E-state index in [0.29, 0.717) is 25.2 Å². The van der Waals surface area contributed by atoms with Crippen molar-refractivity contribution in [3.8, 4) is 6.01 Å². The zero-order chi connectivity index (χ0) is 29.6. The summed E-state index contributed by atoms with van der Waals surface area (Å²) in [5.41, 5.74) is 3.63. The number of benzene rings is 2. The van der Waals surface area contributed by atoms with E-state index in [9.17, 15) is 18.0 Å². The van der Waals surface area contributed by atoms with E-state index < -0.39 is 18.8 Å². The molecule has 0 atom stereocenters. The van der Waals surface area contributed by atoms with Crippen LogP contribution in [-0.4, -0.2) is 40.2 Å². The number of nitrogens with zero attached hydrogens (tertiary/aromatic N) is 3. The fourth-order valence-corrected chi connectivity index (χ4v) is 4.51. The molecule has 42 heavy (non-hydrogen) atoms. The molecule has 2 aliphatic rings. The van der Waals surface area contributed by atoms with Gasteiger partial charge in [0.1, 0.15) is 0 Å². The number of fused-ring (bicyclic) bond motifs is 16. The van der Waals surface area contributed by atoms with Gasteiger partial charge in [0.15, 0.2) is 6.61 Å². The van der Waals surface area contributed by atoms with Gasteiger partial charge in [-0.1, -0.05) is 68.5 Å². The van der Waals surface area contributed by atoms with Crippen molar-refractivity contribution in [2.45, 2.75) is 77.2 Å². The zero-order valence-electron chi connectivity index (χ0n) is 23.6. The summed E-state index contributed by atoms with van der Waals surface area (Å²) in [5.74, 6) is 0.133. The van der Waals surface area contributed by atoms with Crippen molar-refractivity contribution in [2.24, 2.45) is 0 Å². The number of aromatic nitrogens is 3. The van der Waals surface area contributed by atoms with Gasteiger partial charge in [-0.25, -0.2) is 0 Å². The molecule has 0 unspecified atom stereocenters. The zero-order valence-corrected chi connectivity index (χ0v) is 23.6. The van der Waals surface area contributed by atoms with Crippen LogP contribution in [0.5, 0.6) is 6.01 Å². The van der Waals surface area contributed by atoms with E-state index in [2.05, 4.69) is 42.3 Å². The van der Waals surface area contributed by atoms with Crippen molar-refractivity contribution in [3.63, 3.8) is 0 Å². The number of alkyl halides is 3. The molecule has 2 aromatic carbocycles. The van der Waals surface area contributed by atoms with Gasteiger partial charge >= 0.3 is 12.2 Å². The highest BCUT2D eigenvalue weighted by molar-refractivity contribution is 5.75. The lowest BCUT2D eigenvalue weighted by atomic mass is 10.1. The minimum absolute atomic E-state index is 0.0287. The predicted octanol–water partition coefficient (Wildman–Crippen LogP) is 6.01. The van der Waals surface area contributed by atoms with Crippen LogP contribution in [-0.2, 0) is 24.4 Å². The van der Waals surface area contributed by atoms with Crippen molar-refractivity contribution < 1.29 is 22.7 Å². The molecule has 5 rings (SSSR count). The Balaban J connectivity index is 1.48. The number of ether oxygens (including phenoxy) is 1. The van der Waals surface area contributed by atoms with Crippen LogP contribution < -0.4 is 26.0 Å². The van der Waals surface area contributed by atoms with Gasteiger partial charge in [-0.15, -0.1) is 0 Å². The van der Waals surface area contributed by atoms with Gasteiger partial charge < -0.3 is 26.0 Å². The van der Waals surface area contributed by atoms with Crippen molar-refractivity contribution in [1.29, 1.82) is 0 Å². The molecule has 1 aromatic heterocycles. The summed E-state index contributed by atoms with van der Waals surface area (Å²) in [6.07, 6.45) is 3.73. The molecule has 0 aliphatic carbocycles. The average Bonchev–Trinajstić information content (AvgIpc) is 2.97. The van der Waals surface area contributed by atoms with Crippen LogP contribution in [0.3, 0.4) is 0 Å². The third-order valence-corrected chi connectivity index (χ3v) is 6.71. The number of halogens is 3. The quantitative estimate of drug-likeness (QED) is 0.289. The Bertz CT molecular complexity index is 1270. The monoisotopic (exact) mass is 585 g/mol. The number of hydrogen-bond acceptors (Lipinski definition) is 8. The molecule has 0 saturated carbocycles. The first kappa shape index (κ1) is 31.0. The van der Waals surface area contributed by atoms with E-state index in [1.807, 2.05) is 30.3 Å². The van der Waals surface area contributed by atoms with Crippen molar-refractivity contribution in [3.05, 3.63) is 65.2 Å². The number of rotatable bonds is 2. The third kappa shape index (κ3) is 11.5. The Hall–Kier alpha value is -3.93. The number of nitrogens with one attached hydrogen (secondary N) is 4. The SMILES string of the molecule is O=C1CCCCCCCCCNCc2cccc(c2)CNc2nc(nc(OCC(F)(F)F)n2)Nc2ccc(cc2)CN1. The fourth-order valence-electron chi connectivity index (χ4n) is 4.51. The number of anilines is 3. The molecule has 226 valence electrons. The maximum atomic E-state index is 12.8. The Morgan fingerprint density at radius 3 is 2.17 bits per heavy atom. The molecule has 12 heteroatoms. The molecule has 1 amide bonds. The molecule has 6 bridgehead atoms. The summed E-state index contributed by atoms with van der Waals surface area (Å²) >= 11 is 0. The summed E-state index contributed by atoms with van der Waals surface area (Å²) < 4.78 is 43.2. The highest BCUT2D eigenvalue weighted by atomic mass is 19.4. The maximum Gasteiger partial charge on any atom is 0.422 e. The molecular formula is C30H38F3N7O2. The molecule has 0 saturated heterocycles. The number of amides is 1. The Morgan fingerprint density at radius 1 is 0.738 bits per heavy atom. The van der Waals surface area contributed by atoms with Crippen LogP contribution in [0.1, 0.15) is 68.1 Å². The second kappa shape index (κ2) is 15.9. The van der Waals surface area contributed by atoms with Crippen LogP contribution in [0.15, 0.2) is 48.5 Å². The minimum Gasteiger partial charge on any atom is -0.454 e. The summed E-state index contributed by atoms with van der Waals surface area (Å²) in [6, 6.07) is 14.8. The fraction of sp³-hybridized carbons (Fsp3) is 0.467. The number of hydrogen-bond donors (Lipinski definition) is 4. The van der Waals surface area contributed by atoms with E-state index in [-0.39, 0.29) is 17.8 Å². The second-order valence-corrected chi connectivity index (χ2v) is 10.3. The third-order valence-electron chi connectivity index (χ3n) is 6.71. The molecule has 3 aromatic rings. The van der Waals surface area contributed by atoms with Gasteiger partial charge in [0.2, 0.25) is 17.8 Å². The topological polar surface area (TPSA) is 113 Å². The van der Waals surface area contributed by atoms with E-state index >= 15 is 0 Å². The molecule has 9 nitrogen and oxygen atoms in total. The first-order valence-corrected chi connectivity index (χ1v) is 14.4. The molecule has 0 radical (unpaired) electrons. The molecule has 0 spiro atoms. The Labute approximate surface area is 244 Å². The molecule has 2 aliphatic heterocycles. The predicted molar refractivity (Wildman–Crippen MR) is 155 cm³/mol. The number of carbonyl (C=O) groups is 1. The molecular weight excluding hydrogens is 547 g/mol. The van der Waals surface area contributed by atoms with Gasteiger partial charge in [0.25, 0.3) is 0 Å². The van der Waals surface area contributed by atoms with Gasteiger partial charge in [0, 0.05) is 31.7 Å². The number of carbonyl (C=O) groups excluding carboxylic acids is 1. The van der Waals surface area contributed by atoms with Crippen LogP contribution >= 0.6 is 0 Å². The van der Waals surface area contributed by atoms with Gasteiger partial charge in [0.05, 0.1) is 0 Å². The van der Waals surface area contributed by atoms with Gasteiger partial charge in [-0.2, -0.15) is 28.1 Å². The van der Waals surface area contributed by atoms with E-state index in [0.717, 1.165) is 55.5 Å². The summed E-state index contributed by atoms with van der Waals surface area (Å²) in [6.45, 7) is 0.918. The van der Waals surface area contributed by atoms with Crippen molar-refractivity contribution in [2.75, 3.05) is 23.8 Å². The first-order valence-electron chi connectivity index (χ1n) is 14.4. The molecule has 0 fully saturated rings. The van der Waals surface area contributed by atoms with Crippen LogP contribution in [0.2, 0.25) is 0 Å². The first-order chi connectivity index (χ1) is 20.3. The Kier molecular flexibility index (Phi) is 11.7. The van der Waals surface area contributed by atoms with Gasteiger partial charge in [-0.05, 0) is 48.2 Å². The lowest BCUT2D eigenvalue weighted by molar-refractivity contribution is -0.154. The second-order valence-electron chi connectivity index (χ2n) is 10.3. The standard InChI is InChI=1S/C30H38F3N7O2/c31-30(32,33)21-42-29-39-27-36-20-24-10-8-9-23(17-24)18-34-16-7-5-3-1-2-4-6-11-26(41)35-19-22-12-14-25(15-13-22)37-28(38-27)40-29/h8-10,12-15,17,34H,1-7,11,16,18-21H2,(H,35,41)(H2,36,37,38,39,40). The van der Waals surface area contributed by atoms with Gasteiger partial charge in [-0.3, -0.25) is 4.79 Å². The summed E-state index contributed by atoms with van der Waals surface area (Å²) in [4.78, 5) is 24.6. The smallest absolute Gasteiger partial charge is 0.422 e. The highest BCUT2D eigenvalue weighted by Crippen LogP contribution is 2.21. The van der Waals surface area contributed by atoms with E-state index in [1.54, 1.807) is 12.1 Å². The van der Waals surface area contributed by atoms with E-state index in [4.69, 9.17) is 4.74 Å². The van der Waals surface area contributed by atoms with Crippen molar-refractivity contribution in [1.82, 2.24) is 25.6 Å². The highest BCUT2D eigenvalue weighted by Gasteiger charge is 2.29. The lowest BCUT2D eigenvalue weighted by Crippen LogP contribution is -2.22. The summed E-state index contributed by atoms with van der Waals surface area (Å²) in [5, 5.41) is 12.5. The lowest BCUT2D eigenvalue weighted by Gasteiger charge is -2.13. The molecule has 4 N–H and O–H groups in total.